The minimum absolute atomic E-state index is 0.0298. The summed E-state index contributed by atoms with van der Waals surface area (Å²) in [5, 5.41) is 16.3. The average Bonchev–Trinajstić information content (AvgIpc) is 2.57. The molecule has 0 aromatic carbocycles. The van der Waals surface area contributed by atoms with Gasteiger partial charge in [-0.2, -0.15) is 0 Å². The van der Waals surface area contributed by atoms with Crippen molar-refractivity contribution in [3.8, 4) is 0 Å². The van der Waals surface area contributed by atoms with Crippen LogP contribution in [0, 0.1) is 0 Å². The molecule has 0 aromatic heterocycles. The minimum atomic E-state index is -0.922. The summed E-state index contributed by atoms with van der Waals surface area (Å²) in [6.45, 7) is 3.73. The summed E-state index contributed by atoms with van der Waals surface area (Å²) in [5.74, 6) is -1.29. The molecule has 3 amide bonds. The highest BCUT2D eigenvalue weighted by atomic mass is 16.5. The van der Waals surface area contributed by atoms with Gasteiger partial charge in [0, 0.05) is 38.9 Å². The van der Waals surface area contributed by atoms with Crippen molar-refractivity contribution in [1.29, 1.82) is 0 Å². The van der Waals surface area contributed by atoms with E-state index in [1.807, 2.05) is 0 Å². The summed E-state index contributed by atoms with van der Waals surface area (Å²) in [5.41, 5.74) is 0. The third-order valence-electron chi connectivity index (χ3n) is 3.06. The van der Waals surface area contributed by atoms with E-state index in [2.05, 4.69) is 16.0 Å². The highest BCUT2D eigenvalue weighted by Crippen LogP contribution is 1.94. The fraction of sp³-hybridized carbons (Fsp3) is 0.750. The third kappa shape index (κ3) is 16.5. The molecule has 0 unspecified atom stereocenters. The summed E-state index contributed by atoms with van der Waals surface area (Å²) >= 11 is 0. The number of rotatable bonds is 15. The predicted molar refractivity (Wildman–Crippen MR) is 92.6 cm³/mol. The zero-order valence-corrected chi connectivity index (χ0v) is 15.2. The summed E-state index contributed by atoms with van der Waals surface area (Å²) in [7, 11) is 0. The fourth-order valence-electron chi connectivity index (χ4n) is 1.80. The lowest BCUT2D eigenvalue weighted by atomic mass is 10.2. The molecule has 10 nitrogen and oxygen atoms in total. The van der Waals surface area contributed by atoms with E-state index in [0.717, 1.165) is 0 Å². The third-order valence-corrected chi connectivity index (χ3v) is 3.06. The molecule has 0 saturated carbocycles. The number of aliphatic carboxylic acids is 1. The molecule has 0 saturated heterocycles. The molecule has 0 radical (unpaired) electrons. The Balaban J connectivity index is 3.39. The van der Waals surface area contributed by atoms with Crippen molar-refractivity contribution >= 4 is 23.9 Å². The van der Waals surface area contributed by atoms with Crippen LogP contribution in [0.25, 0.3) is 0 Å². The SMILES string of the molecule is CCOC(=O)NCCCNC(=O)CCOCCNC(=O)CCCC(=O)O. The van der Waals surface area contributed by atoms with Gasteiger partial charge in [0.1, 0.15) is 0 Å². The van der Waals surface area contributed by atoms with Crippen molar-refractivity contribution in [3.63, 3.8) is 0 Å². The summed E-state index contributed by atoms with van der Waals surface area (Å²) in [6.07, 6.45) is 0.771. The lowest BCUT2D eigenvalue weighted by molar-refractivity contribution is -0.137. The predicted octanol–water partition coefficient (Wildman–Crippen LogP) is 0.0166. The van der Waals surface area contributed by atoms with Crippen LogP contribution in [-0.2, 0) is 23.9 Å². The number of carboxylic acid groups (broad SMARTS) is 1. The Hall–Kier alpha value is -2.36. The zero-order chi connectivity index (χ0) is 19.6. The van der Waals surface area contributed by atoms with Crippen LogP contribution < -0.4 is 16.0 Å². The van der Waals surface area contributed by atoms with Gasteiger partial charge in [0.2, 0.25) is 11.8 Å². The van der Waals surface area contributed by atoms with Crippen molar-refractivity contribution in [2.24, 2.45) is 0 Å². The van der Waals surface area contributed by atoms with E-state index in [1.165, 1.54) is 0 Å². The van der Waals surface area contributed by atoms with Crippen LogP contribution in [0.3, 0.4) is 0 Å². The lowest BCUT2D eigenvalue weighted by Gasteiger charge is -2.08. The Kier molecular flexibility index (Phi) is 14.7. The maximum absolute atomic E-state index is 11.5. The van der Waals surface area contributed by atoms with E-state index in [1.54, 1.807) is 6.92 Å². The van der Waals surface area contributed by atoms with Crippen molar-refractivity contribution in [2.45, 2.75) is 39.0 Å². The van der Waals surface area contributed by atoms with Gasteiger partial charge in [0.15, 0.2) is 0 Å². The first-order valence-corrected chi connectivity index (χ1v) is 8.69. The van der Waals surface area contributed by atoms with Crippen LogP contribution in [0.2, 0.25) is 0 Å². The van der Waals surface area contributed by atoms with E-state index in [0.29, 0.717) is 39.1 Å². The number of ether oxygens (including phenoxy) is 2. The second-order valence-corrected chi connectivity index (χ2v) is 5.31. The van der Waals surface area contributed by atoms with Crippen LogP contribution in [0.15, 0.2) is 0 Å². The molecule has 0 spiro atoms. The van der Waals surface area contributed by atoms with Crippen molar-refractivity contribution in [1.82, 2.24) is 16.0 Å². The van der Waals surface area contributed by atoms with Crippen LogP contribution in [0.1, 0.15) is 39.0 Å². The topological polar surface area (TPSA) is 143 Å². The number of amides is 3. The molecule has 0 heterocycles. The minimum Gasteiger partial charge on any atom is -0.481 e. The highest BCUT2D eigenvalue weighted by molar-refractivity contribution is 5.76. The van der Waals surface area contributed by atoms with E-state index >= 15 is 0 Å². The quantitative estimate of drug-likeness (QED) is 0.295. The Morgan fingerprint density at radius 2 is 1.46 bits per heavy atom. The van der Waals surface area contributed by atoms with Gasteiger partial charge >= 0.3 is 12.1 Å². The zero-order valence-electron chi connectivity index (χ0n) is 15.2. The first-order valence-electron chi connectivity index (χ1n) is 8.69. The molecule has 0 aliphatic carbocycles. The molecule has 0 aliphatic rings. The molecular weight excluding hydrogens is 346 g/mol. The lowest BCUT2D eigenvalue weighted by Crippen LogP contribution is -2.31. The normalized spacial score (nSPS) is 10.0. The van der Waals surface area contributed by atoms with Crippen molar-refractivity contribution in [2.75, 3.05) is 39.5 Å². The van der Waals surface area contributed by atoms with Gasteiger partial charge in [0.25, 0.3) is 0 Å². The number of nitrogens with one attached hydrogen (secondary N) is 3. The monoisotopic (exact) mass is 375 g/mol. The number of carbonyl (C=O) groups excluding carboxylic acids is 3. The van der Waals surface area contributed by atoms with Gasteiger partial charge < -0.3 is 30.5 Å². The molecule has 10 heteroatoms. The Morgan fingerprint density at radius 1 is 0.808 bits per heavy atom. The summed E-state index contributed by atoms with van der Waals surface area (Å²) in [4.78, 5) is 44.2. The van der Waals surface area contributed by atoms with Gasteiger partial charge in [-0.15, -0.1) is 0 Å². The smallest absolute Gasteiger partial charge is 0.407 e. The van der Waals surface area contributed by atoms with Crippen LogP contribution in [0.4, 0.5) is 4.79 Å². The Morgan fingerprint density at radius 3 is 2.15 bits per heavy atom. The molecule has 150 valence electrons. The first kappa shape index (κ1) is 23.6. The number of hydrogen-bond donors (Lipinski definition) is 4. The maximum atomic E-state index is 11.5. The van der Waals surface area contributed by atoms with Gasteiger partial charge in [-0.3, -0.25) is 14.4 Å². The molecular formula is C16H29N3O7. The first-order chi connectivity index (χ1) is 12.5. The van der Waals surface area contributed by atoms with Crippen LogP contribution in [-0.4, -0.2) is 68.4 Å². The van der Waals surface area contributed by atoms with E-state index < -0.39 is 12.1 Å². The summed E-state index contributed by atoms with van der Waals surface area (Å²) in [6, 6.07) is 0. The van der Waals surface area contributed by atoms with Crippen molar-refractivity contribution < 1.29 is 33.8 Å². The van der Waals surface area contributed by atoms with Crippen LogP contribution in [0.5, 0.6) is 0 Å². The molecule has 26 heavy (non-hydrogen) atoms. The van der Waals surface area contributed by atoms with Crippen molar-refractivity contribution in [3.05, 3.63) is 0 Å². The second-order valence-electron chi connectivity index (χ2n) is 5.31. The van der Waals surface area contributed by atoms with E-state index in [9.17, 15) is 19.2 Å². The van der Waals surface area contributed by atoms with E-state index in [-0.39, 0.29) is 44.3 Å². The Bertz CT molecular complexity index is 444. The largest absolute Gasteiger partial charge is 0.481 e. The maximum Gasteiger partial charge on any atom is 0.407 e. The average molecular weight is 375 g/mol. The molecule has 0 aliphatic heterocycles. The van der Waals surface area contributed by atoms with Crippen LogP contribution >= 0.6 is 0 Å². The Labute approximate surface area is 153 Å². The van der Waals surface area contributed by atoms with Gasteiger partial charge in [0.05, 0.1) is 19.8 Å². The van der Waals surface area contributed by atoms with E-state index in [4.69, 9.17) is 14.6 Å². The highest BCUT2D eigenvalue weighted by Gasteiger charge is 2.04. The molecule has 0 bridgehead atoms. The summed E-state index contributed by atoms with van der Waals surface area (Å²) < 4.78 is 9.93. The standard InChI is InChI=1S/C16H29N3O7/c1-2-26-16(24)19-9-4-8-17-14(21)7-11-25-12-10-18-13(20)5-3-6-15(22)23/h2-12H2,1H3,(H,17,21)(H,18,20)(H,19,24)(H,22,23). The molecule has 0 fully saturated rings. The molecule has 0 atom stereocenters. The fourth-order valence-corrected chi connectivity index (χ4v) is 1.80. The number of hydrogen-bond acceptors (Lipinski definition) is 6. The van der Waals surface area contributed by atoms with Gasteiger partial charge in [-0.25, -0.2) is 4.79 Å². The number of carboxylic acids is 1. The number of alkyl carbamates (subject to hydrolysis) is 1. The second kappa shape index (κ2) is 16.1. The van der Waals surface area contributed by atoms with Gasteiger partial charge in [-0.1, -0.05) is 0 Å². The van der Waals surface area contributed by atoms with Gasteiger partial charge in [-0.05, 0) is 19.8 Å². The molecule has 0 aromatic rings. The molecule has 0 rings (SSSR count). The molecule has 4 N–H and O–H groups in total. The number of carbonyl (C=O) groups is 4.